The number of carbonyl (C=O) groups excluding carboxylic acids is 1. The maximum atomic E-state index is 11.9. The average Bonchev–Trinajstić information content (AvgIpc) is 2.34. The van der Waals surface area contributed by atoms with E-state index < -0.39 is 0 Å². The van der Waals surface area contributed by atoms with Gasteiger partial charge in [-0.1, -0.05) is 23.2 Å². The number of nitrogens with zero attached hydrogens (tertiary/aromatic N) is 1. The fourth-order valence-electron chi connectivity index (χ4n) is 2.21. The third kappa shape index (κ3) is 4.35. The molecule has 1 fully saturated rings. The molecule has 0 spiro atoms. The van der Waals surface area contributed by atoms with Crippen LogP contribution < -0.4 is 11.1 Å². The summed E-state index contributed by atoms with van der Waals surface area (Å²) in [6.07, 6.45) is 2.08. The number of nitrogens with one attached hydrogen (secondary N) is 1. The number of anilines is 1. The van der Waals surface area contributed by atoms with Crippen LogP contribution in [-0.2, 0) is 4.79 Å². The van der Waals surface area contributed by atoms with Crippen LogP contribution in [0, 0.1) is 0 Å². The van der Waals surface area contributed by atoms with Crippen molar-refractivity contribution in [3.63, 3.8) is 0 Å². The summed E-state index contributed by atoms with van der Waals surface area (Å²) in [7, 11) is 0. The number of piperidine rings is 1. The summed E-state index contributed by atoms with van der Waals surface area (Å²) in [4.78, 5) is 14.0. The molecular formula is C13H17Cl2N3O. The van der Waals surface area contributed by atoms with Gasteiger partial charge in [0.1, 0.15) is 0 Å². The standard InChI is InChI=1S/C13H17Cl2N3O/c14-11-4-3-10(6-12(11)15)17-13(19)8-18-5-1-2-9(16)7-18/h3-4,6,9H,1-2,5,7-8,16H2,(H,17,19). The Morgan fingerprint density at radius 2 is 2.21 bits per heavy atom. The minimum Gasteiger partial charge on any atom is -0.327 e. The molecule has 1 unspecified atom stereocenters. The van der Waals surface area contributed by atoms with Crippen molar-refractivity contribution in [3.8, 4) is 0 Å². The van der Waals surface area contributed by atoms with Crippen LogP contribution in [-0.4, -0.2) is 36.5 Å². The van der Waals surface area contributed by atoms with Crippen molar-refractivity contribution in [1.29, 1.82) is 0 Å². The molecule has 104 valence electrons. The van der Waals surface area contributed by atoms with E-state index >= 15 is 0 Å². The highest BCUT2D eigenvalue weighted by atomic mass is 35.5. The van der Waals surface area contributed by atoms with Gasteiger partial charge in [0.05, 0.1) is 16.6 Å². The Balaban J connectivity index is 1.88. The second-order valence-corrected chi connectivity index (χ2v) is 5.63. The molecule has 1 aliphatic heterocycles. The largest absolute Gasteiger partial charge is 0.327 e. The Bertz CT molecular complexity index is 467. The van der Waals surface area contributed by atoms with Crippen LogP contribution >= 0.6 is 23.2 Å². The number of benzene rings is 1. The molecule has 0 radical (unpaired) electrons. The van der Waals surface area contributed by atoms with Crippen molar-refractivity contribution in [2.45, 2.75) is 18.9 Å². The third-order valence-corrected chi connectivity index (χ3v) is 3.85. The second kappa shape index (κ2) is 6.57. The van der Waals surface area contributed by atoms with Crippen molar-refractivity contribution < 1.29 is 4.79 Å². The van der Waals surface area contributed by atoms with Gasteiger partial charge in [-0.05, 0) is 37.6 Å². The third-order valence-electron chi connectivity index (χ3n) is 3.11. The Kier molecular flexibility index (Phi) is 5.05. The zero-order valence-corrected chi connectivity index (χ0v) is 12.0. The van der Waals surface area contributed by atoms with Gasteiger partial charge in [0, 0.05) is 18.3 Å². The van der Waals surface area contributed by atoms with Crippen molar-refractivity contribution in [2.24, 2.45) is 5.73 Å². The summed E-state index contributed by atoms with van der Waals surface area (Å²) in [5.74, 6) is -0.0625. The lowest BCUT2D eigenvalue weighted by atomic mass is 10.1. The van der Waals surface area contributed by atoms with Gasteiger partial charge in [-0.25, -0.2) is 0 Å². The summed E-state index contributed by atoms with van der Waals surface area (Å²) in [6.45, 7) is 2.05. The summed E-state index contributed by atoms with van der Waals surface area (Å²) in [5.41, 5.74) is 6.54. The summed E-state index contributed by atoms with van der Waals surface area (Å²) < 4.78 is 0. The molecule has 19 heavy (non-hydrogen) atoms. The van der Waals surface area contributed by atoms with E-state index in [1.165, 1.54) is 0 Å². The minimum atomic E-state index is -0.0625. The zero-order chi connectivity index (χ0) is 13.8. The average molecular weight is 302 g/mol. The van der Waals surface area contributed by atoms with Crippen LogP contribution in [0.1, 0.15) is 12.8 Å². The Morgan fingerprint density at radius 1 is 1.42 bits per heavy atom. The zero-order valence-electron chi connectivity index (χ0n) is 10.5. The SMILES string of the molecule is NC1CCCN(CC(=O)Nc2ccc(Cl)c(Cl)c2)C1. The lowest BCUT2D eigenvalue weighted by molar-refractivity contribution is -0.117. The molecule has 1 heterocycles. The summed E-state index contributed by atoms with van der Waals surface area (Å²) in [5, 5.41) is 3.71. The number of nitrogens with two attached hydrogens (primary N) is 1. The lowest BCUT2D eigenvalue weighted by Gasteiger charge is -2.29. The summed E-state index contributed by atoms with van der Waals surface area (Å²) >= 11 is 11.7. The number of rotatable bonds is 3. The maximum Gasteiger partial charge on any atom is 0.238 e. The smallest absolute Gasteiger partial charge is 0.238 e. The van der Waals surface area contributed by atoms with Gasteiger partial charge < -0.3 is 11.1 Å². The first-order valence-corrected chi connectivity index (χ1v) is 7.03. The van der Waals surface area contributed by atoms with E-state index in [1.807, 2.05) is 0 Å². The maximum absolute atomic E-state index is 11.9. The predicted molar refractivity (Wildman–Crippen MR) is 78.7 cm³/mol. The Morgan fingerprint density at radius 3 is 2.89 bits per heavy atom. The minimum absolute atomic E-state index is 0.0625. The van der Waals surface area contributed by atoms with Crippen LogP contribution in [0.4, 0.5) is 5.69 Å². The van der Waals surface area contributed by atoms with Gasteiger partial charge >= 0.3 is 0 Å². The normalized spacial score (nSPS) is 20.3. The molecule has 3 N–H and O–H groups in total. The molecule has 0 aromatic heterocycles. The molecule has 4 nitrogen and oxygen atoms in total. The molecule has 1 atom stereocenters. The fraction of sp³-hybridized carbons (Fsp3) is 0.462. The Hall–Kier alpha value is -0.810. The number of carbonyl (C=O) groups is 1. The van der Waals surface area contributed by atoms with E-state index in [2.05, 4.69) is 10.2 Å². The lowest BCUT2D eigenvalue weighted by Crippen LogP contribution is -2.45. The highest BCUT2D eigenvalue weighted by Gasteiger charge is 2.18. The van der Waals surface area contributed by atoms with E-state index in [4.69, 9.17) is 28.9 Å². The van der Waals surface area contributed by atoms with E-state index in [0.29, 0.717) is 22.3 Å². The molecule has 2 rings (SSSR count). The number of halogens is 2. The number of hydrogen-bond acceptors (Lipinski definition) is 3. The molecular weight excluding hydrogens is 285 g/mol. The molecule has 1 saturated heterocycles. The first-order valence-electron chi connectivity index (χ1n) is 6.27. The molecule has 6 heteroatoms. The van der Waals surface area contributed by atoms with Crippen molar-refractivity contribution in [2.75, 3.05) is 25.0 Å². The van der Waals surface area contributed by atoms with Crippen molar-refractivity contribution >= 4 is 34.8 Å². The van der Waals surface area contributed by atoms with Gasteiger partial charge in [-0.15, -0.1) is 0 Å². The van der Waals surface area contributed by atoms with Gasteiger partial charge in [0.15, 0.2) is 0 Å². The van der Waals surface area contributed by atoms with E-state index in [0.717, 1.165) is 25.9 Å². The quantitative estimate of drug-likeness (QED) is 0.901. The van der Waals surface area contributed by atoms with E-state index in [-0.39, 0.29) is 11.9 Å². The Labute approximate surface area is 122 Å². The number of hydrogen-bond donors (Lipinski definition) is 2. The second-order valence-electron chi connectivity index (χ2n) is 4.81. The summed E-state index contributed by atoms with van der Waals surface area (Å²) in [6, 6.07) is 5.21. The van der Waals surface area contributed by atoms with Gasteiger partial charge in [-0.2, -0.15) is 0 Å². The van der Waals surface area contributed by atoms with Crippen LogP contribution in [0.25, 0.3) is 0 Å². The van der Waals surface area contributed by atoms with Crippen LogP contribution in [0.15, 0.2) is 18.2 Å². The first-order chi connectivity index (χ1) is 9.04. The molecule has 0 aliphatic carbocycles. The molecule has 1 aromatic rings. The van der Waals surface area contributed by atoms with Crippen LogP contribution in [0.2, 0.25) is 10.0 Å². The van der Waals surface area contributed by atoms with Crippen molar-refractivity contribution in [1.82, 2.24) is 4.90 Å². The van der Waals surface area contributed by atoms with E-state index in [1.54, 1.807) is 18.2 Å². The molecule has 0 saturated carbocycles. The number of likely N-dealkylation sites (tertiary alicyclic amines) is 1. The van der Waals surface area contributed by atoms with Gasteiger partial charge in [0.2, 0.25) is 5.91 Å². The first kappa shape index (κ1) is 14.6. The molecule has 0 bridgehead atoms. The number of amides is 1. The highest BCUT2D eigenvalue weighted by Crippen LogP contribution is 2.24. The van der Waals surface area contributed by atoms with Gasteiger partial charge in [-0.3, -0.25) is 9.69 Å². The molecule has 1 aromatic carbocycles. The predicted octanol–water partition coefficient (Wildman–Crippen LogP) is 2.36. The molecule has 1 aliphatic rings. The monoisotopic (exact) mass is 301 g/mol. The van der Waals surface area contributed by atoms with Gasteiger partial charge in [0.25, 0.3) is 0 Å². The fourth-order valence-corrected chi connectivity index (χ4v) is 2.51. The highest BCUT2D eigenvalue weighted by molar-refractivity contribution is 6.42. The van der Waals surface area contributed by atoms with Crippen molar-refractivity contribution in [3.05, 3.63) is 28.2 Å². The van der Waals surface area contributed by atoms with Crippen LogP contribution in [0.5, 0.6) is 0 Å². The topological polar surface area (TPSA) is 58.4 Å². The molecule has 1 amide bonds. The van der Waals surface area contributed by atoms with Crippen LogP contribution in [0.3, 0.4) is 0 Å². The van der Waals surface area contributed by atoms with E-state index in [9.17, 15) is 4.79 Å².